The molecule has 4 atom stereocenters. The lowest BCUT2D eigenvalue weighted by molar-refractivity contribution is -0.145. The molecule has 2 aliphatic rings. The van der Waals surface area contributed by atoms with E-state index in [1.165, 1.54) is 6.08 Å². The molecule has 2 aliphatic carbocycles. The summed E-state index contributed by atoms with van der Waals surface area (Å²) in [4.78, 5) is 23.7. The topological polar surface area (TPSA) is 61.8 Å². The second-order valence-corrected chi connectivity index (χ2v) is 6.75. The van der Waals surface area contributed by atoms with Crippen LogP contribution in [0.5, 0.6) is 5.75 Å². The fourth-order valence-corrected chi connectivity index (χ4v) is 3.59. The fourth-order valence-electron chi connectivity index (χ4n) is 3.59. The zero-order valence-corrected chi connectivity index (χ0v) is 15.2. The summed E-state index contributed by atoms with van der Waals surface area (Å²) >= 11 is 0. The molecule has 0 bridgehead atoms. The Bertz CT molecular complexity index is 827. The predicted molar refractivity (Wildman–Crippen MR) is 87.2 cm³/mol. The van der Waals surface area contributed by atoms with Crippen LogP contribution in [0, 0.1) is 46.8 Å². The number of hydrogen-bond acceptors (Lipinski definition) is 5. The van der Waals surface area contributed by atoms with Gasteiger partial charge in [0.1, 0.15) is 6.10 Å². The second kappa shape index (κ2) is 8.38. The lowest BCUT2D eigenvalue weighted by Gasteiger charge is -2.16. The Morgan fingerprint density at radius 3 is 2.21 bits per heavy atom. The normalized spacial score (nSPS) is 26.6. The summed E-state index contributed by atoms with van der Waals surface area (Å²) in [6.07, 6.45) is 2.15. The van der Waals surface area contributed by atoms with Gasteiger partial charge in [0.25, 0.3) is 0 Å². The summed E-state index contributed by atoms with van der Waals surface area (Å²) in [5, 5.41) is 0. The van der Waals surface area contributed by atoms with Crippen molar-refractivity contribution in [3.05, 3.63) is 41.2 Å². The zero-order chi connectivity index (χ0) is 21.3. The van der Waals surface area contributed by atoms with Crippen LogP contribution in [0.1, 0.15) is 26.2 Å². The minimum atomic E-state index is -2.36. The molecule has 1 aromatic rings. The second-order valence-electron chi connectivity index (χ2n) is 6.75. The molecule has 29 heavy (non-hydrogen) atoms. The Morgan fingerprint density at radius 2 is 1.59 bits per heavy atom. The third kappa shape index (κ3) is 4.20. The number of rotatable bonds is 4. The summed E-state index contributed by atoms with van der Waals surface area (Å²) in [6.45, 7) is 1.99. The van der Waals surface area contributed by atoms with Crippen LogP contribution >= 0.6 is 0 Å². The maximum atomic E-state index is 13.6. The van der Waals surface area contributed by atoms with E-state index >= 15 is 0 Å². The van der Waals surface area contributed by atoms with Gasteiger partial charge < -0.3 is 14.2 Å². The zero-order valence-electron chi connectivity index (χ0n) is 15.2. The Kier molecular flexibility index (Phi) is 6.09. The van der Waals surface area contributed by atoms with E-state index in [1.807, 2.05) is 0 Å². The molecule has 0 aromatic heterocycles. The molecule has 158 valence electrons. The van der Waals surface area contributed by atoms with Gasteiger partial charge in [-0.25, -0.2) is 18.0 Å². The molecule has 1 fully saturated rings. The molecule has 0 N–H and O–H groups in total. The SMILES string of the molecule is CCOC(=O)[C@H]1[C@@H]2CC[C@@H](OC(=O)Oc3c(F)c(F)c(F)c(F)c3F)/C=C\C[C@@H]21. The van der Waals surface area contributed by atoms with Gasteiger partial charge in [0.05, 0.1) is 12.5 Å². The third-order valence-corrected chi connectivity index (χ3v) is 5.04. The van der Waals surface area contributed by atoms with Gasteiger partial charge in [-0.1, -0.05) is 6.08 Å². The van der Waals surface area contributed by atoms with Crippen molar-refractivity contribution in [2.75, 3.05) is 6.61 Å². The summed E-state index contributed by atoms with van der Waals surface area (Å²) in [7, 11) is 0. The van der Waals surface area contributed by atoms with Crippen LogP contribution in [0.3, 0.4) is 0 Å². The van der Waals surface area contributed by atoms with Gasteiger partial charge in [0.2, 0.25) is 34.8 Å². The number of hydrogen-bond donors (Lipinski definition) is 0. The maximum absolute atomic E-state index is 13.6. The molecule has 0 amide bonds. The number of fused-ring (bicyclic) bond motifs is 1. The monoisotopic (exact) mass is 420 g/mol. The van der Waals surface area contributed by atoms with Gasteiger partial charge in [-0.15, -0.1) is 0 Å². The number of benzene rings is 1. The first-order valence-corrected chi connectivity index (χ1v) is 8.99. The van der Waals surface area contributed by atoms with Crippen molar-refractivity contribution >= 4 is 12.1 Å². The van der Waals surface area contributed by atoms with Crippen molar-refractivity contribution in [2.45, 2.75) is 32.3 Å². The highest BCUT2D eigenvalue weighted by Gasteiger charge is 2.54. The van der Waals surface area contributed by atoms with Crippen LogP contribution in [0.15, 0.2) is 12.2 Å². The third-order valence-electron chi connectivity index (χ3n) is 5.04. The van der Waals surface area contributed by atoms with E-state index in [-0.39, 0.29) is 30.3 Å². The van der Waals surface area contributed by atoms with Gasteiger partial charge in [0, 0.05) is 0 Å². The average Bonchev–Trinajstić information content (AvgIpc) is 3.36. The van der Waals surface area contributed by atoms with Crippen molar-refractivity contribution < 1.29 is 45.8 Å². The first kappa shape index (κ1) is 21.1. The first-order valence-electron chi connectivity index (χ1n) is 8.99. The minimum Gasteiger partial charge on any atom is -0.466 e. The van der Waals surface area contributed by atoms with Crippen molar-refractivity contribution in [2.24, 2.45) is 17.8 Å². The van der Waals surface area contributed by atoms with E-state index in [9.17, 15) is 31.5 Å². The Labute approximate surface area is 162 Å². The number of carbonyl (C=O) groups excluding carboxylic acids is 2. The Morgan fingerprint density at radius 1 is 0.966 bits per heavy atom. The lowest BCUT2D eigenvalue weighted by atomic mass is 10.0. The van der Waals surface area contributed by atoms with E-state index in [2.05, 4.69) is 4.74 Å². The van der Waals surface area contributed by atoms with Crippen molar-refractivity contribution in [3.8, 4) is 5.75 Å². The highest BCUT2D eigenvalue weighted by Crippen LogP contribution is 2.53. The highest BCUT2D eigenvalue weighted by atomic mass is 19.2. The summed E-state index contributed by atoms with van der Waals surface area (Å²) < 4.78 is 80.7. The fraction of sp³-hybridized carbons (Fsp3) is 0.474. The molecule has 0 saturated heterocycles. The summed E-state index contributed by atoms with van der Waals surface area (Å²) in [5.74, 6) is -13.4. The molecule has 0 heterocycles. The largest absolute Gasteiger partial charge is 0.514 e. The quantitative estimate of drug-likeness (QED) is 0.180. The summed E-state index contributed by atoms with van der Waals surface area (Å²) in [5.41, 5.74) is 0. The van der Waals surface area contributed by atoms with E-state index in [0.29, 0.717) is 19.3 Å². The number of esters is 1. The van der Waals surface area contributed by atoms with Gasteiger partial charge in [-0.3, -0.25) is 4.79 Å². The Hall–Kier alpha value is -2.65. The number of carbonyl (C=O) groups is 2. The van der Waals surface area contributed by atoms with Gasteiger partial charge in [-0.05, 0) is 44.1 Å². The van der Waals surface area contributed by atoms with Crippen molar-refractivity contribution in [1.29, 1.82) is 0 Å². The minimum absolute atomic E-state index is 0.0660. The van der Waals surface area contributed by atoms with Crippen LogP contribution in [-0.4, -0.2) is 24.8 Å². The van der Waals surface area contributed by atoms with Gasteiger partial charge in [0.15, 0.2) is 0 Å². The van der Waals surface area contributed by atoms with E-state index in [4.69, 9.17) is 9.47 Å². The predicted octanol–water partition coefficient (Wildman–Crippen LogP) is 4.43. The smallest absolute Gasteiger partial charge is 0.466 e. The van der Waals surface area contributed by atoms with E-state index in [1.54, 1.807) is 13.0 Å². The summed E-state index contributed by atoms with van der Waals surface area (Å²) in [6, 6.07) is 0. The number of halogens is 5. The molecule has 10 heteroatoms. The number of ether oxygens (including phenoxy) is 3. The first-order chi connectivity index (χ1) is 13.8. The molecule has 0 spiro atoms. The van der Waals surface area contributed by atoms with Crippen LogP contribution in [-0.2, 0) is 14.3 Å². The molecule has 0 radical (unpaired) electrons. The number of allylic oxidation sites excluding steroid dienone is 1. The molecule has 0 unspecified atom stereocenters. The van der Waals surface area contributed by atoms with Gasteiger partial charge >= 0.3 is 12.1 Å². The highest BCUT2D eigenvalue weighted by molar-refractivity contribution is 5.76. The molecular weight excluding hydrogens is 403 g/mol. The van der Waals surface area contributed by atoms with E-state index < -0.39 is 47.1 Å². The molecule has 0 aliphatic heterocycles. The molecule has 1 saturated carbocycles. The Balaban J connectivity index is 1.62. The van der Waals surface area contributed by atoms with Crippen molar-refractivity contribution in [1.82, 2.24) is 0 Å². The van der Waals surface area contributed by atoms with Crippen LogP contribution in [0.25, 0.3) is 0 Å². The average molecular weight is 420 g/mol. The maximum Gasteiger partial charge on any atom is 0.514 e. The lowest BCUT2D eigenvalue weighted by Crippen LogP contribution is -2.21. The standard InChI is InChI=1S/C19H17F5O5/c1-2-27-18(25)11-9-5-3-4-8(6-7-10(9)11)28-19(26)29-17-15(23)13(21)12(20)14(22)16(17)24/h3-4,8-11H,2,5-7H2,1H3/b4-3-/t8-,9-,10+,11+/m0/s1. The van der Waals surface area contributed by atoms with Crippen LogP contribution < -0.4 is 4.74 Å². The molecule has 3 rings (SSSR count). The molecule has 1 aromatic carbocycles. The van der Waals surface area contributed by atoms with Crippen LogP contribution in [0.2, 0.25) is 0 Å². The van der Waals surface area contributed by atoms with Crippen molar-refractivity contribution in [3.63, 3.8) is 0 Å². The molecule has 5 nitrogen and oxygen atoms in total. The van der Waals surface area contributed by atoms with Crippen LogP contribution in [0.4, 0.5) is 26.7 Å². The van der Waals surface area contributed by atoms with E-state index in [0.717, 1.165) is 0 Å². The van der Waals surface area contributed by atoms with Gasteiger partial charge in [-0.2, -0.15) is 8.78 Å². The molecular formula is C19H17F5O5.